The average molecular weight is 241 g/mol. The first-order valence-electron chi connectivity index (χ1n) is 7.15. The Morgan fingerprint density at radius 1 is 1.19 bits per heavy atom. The van der Waals surface area contributed by atoms with E-state index in [9.17, 15) is 0 Å². The van der Waals surface area contributed by atoms with Crippen molar-refractivity contribution in [2.24, 2.45) is 11.8 Å². The molecule has 0 radical (unpaired) electrons. The molecule has 0 bridgehead atoms. The monoisotopic (exact) mass is 241 g/mol. The van der Waals surface area contributed by atoms with Crippen molar-refractivity contribution >= 4 is 11.8 Å². The van der Waals surface area contributed by atoms with Gasteiger partial charge in [-0.25, -0.2) is 0 Å². The summed E-state index contributed by atoms with van der Waals surface area (Å²) in [6.45, 7) is 3.69. The Hall–Kier alpha value is 0.310. The van der Waals surface area contributed by atoms with Crippen LogP contribution in [0.1, 0.15) is 51.9 Å². The minimum atomic E-state index is 0.819. The second-order valence-electron chi connectivity index (χ2n) is 5.79. The van der Waals surface area contributed by atoms with Gasteiger partial charge in [-0.05, 0) is 49.8 Å². The highest BCUT2D eigenvalue weighted by Crippen LogP contribution is 2.30. The molecule has 1 saturated heterocycles. The topological polar surface area (TPSA) is 12.0 Å². The van der Waals surface area contributed by atoms with Crippen molar-refractivity contribution in [2.75, 3.05) is 18.1 Å². The second kappa shape index (κ2) is 6.90. The zero-order valence-corrected chi connectivity index (χ0v) is 11.5. The third kappa shape index (κ3) is 4.29. The van der Waals surface area contributed by atoms with Gasteiger partial charge < -0.3 is 5.32 Å². The zero-order chi connectivity index (χ0) is 11.2. The first-order chi connectivity index (χ1) is 7.84. The summed E-state index contributed by atoms with van der Waals surface area (Å²) >= 11 is 2.13. The highest BCUT2D eigenvalue weighted by atomic mass is 32.2. The van der Waals surface area contributed by atoms with Gasteiger partial charge in [0.1, 0.15) is 0 Å². The van der Waals surface area contributed by atoms with Gasteiger partial charge in [0, 0.05) is 11.8 Å². The van der Waals surface area contributed by atoms with E-state index < -0.39 is 0 Å². The summed E-state index contributed by atoms with van der Waals surface area (Å²) in [5.41, 5.74) is 0. The van der Waals surface area contributed by atoms with E-state index in [1.165, 1.54) is 63.0 Å². The van der Waals surface area contributed by atoms with Gasteiger partial charge in [0.2, 0.25) is 0 Å². The van der Waals surface area contributed by atoms with Crippen LogP contribution in [0.25, 0.3) is 0 Å². The van der Waals surface area contributed by atoms with Crippen LogP contribution in [-0.4, -0.2) is 24.1 Å². The maximum Gasteiger partial charge on any atom is 0.0158 e. The molecule has 1 N–H and O–H groups in total. The molecule has 3 atom stereocenters. The van der Waals surface area contributed by atoms with E-state index >= 15 is 0 Å². The van der Waals surface area contributed by atoms with Crippen molar-refractivity contribution in [1.82, 2.24) is 5.32 Å². The molecular formula is C14H27NS. The van der Waals surface area contributed by atoms with Gasteiger partial charge in [-0.15, -0.1) is 0 Å². The molecule has 1 heterocycles. The van der Waals surface area contributed by atoms with Crippen molar-refractivity contribution in [3.8, 4) is 0 Å². The Morgan fingerprint density at radius 3 is 2.88 bits per heavy atom. The van der Waals surface area contributed by atoms with Crippen LogP contribution < -0.4 is 5.32 Å². The zero-order valence-electron chi connectivity index (χ0n) is 10.7. The Kier molecular flexibility index (Phi) is 5.51. The van der Waals surface area contributed by atoms with Gasteiger partial charge in [-0.1, -0.05) is 26.2 Å². The van der Waals surface area contributed by atoms with E-state index in [2.05, 4.69) is 24.0 Å². The molecule has 2 fully saturated rings. The van der Waals surface area contributed by atoms with Crippen molar-refractivity contribution in [3.63, 3.8) is 0 Å². The standard InChI is InChI=1S/C14H27NS/c1-12-4-2-5-13(10-12)7-8-15-14-6-3-9-16-11-14/h12-15H,2-11H2,1H3. The highest BCUT2D eigenvalue weighted by molar-refractivity contribution is 7.99. The van der Waals surface area contributed by atoms with Gasteiger partial charge in [0.05, 0.1) is 0 Å². The van der Waals surface area contributed by atoms with Crippen LogP contribution in [0.2, 0.25) is 0 Å². The minimum Gasteiger partial charge on any atom is -0.313 e. The lowest BCUT2D eigenvalue weighted by Gasteiger charge is -2.28. The molecule has 16 heavy (non-hydrogen) atoms. The van der Waals surface area contributed by atoms with E-state index in [-0.39, 0.29) is 0 Å². The molecule has 2 aliphatic rings. The SMILES string of the molecule is CC1CCCC(CCNC2CCCSC2)C1. The molecule has 3 unspecified atom stereocenters. The van der Waals surface area contributed by atoms with Crippen molar-refractivity contribution in [1.29, 1.82) is 0 Å². The van der Waals surface area contributed by atoms with E-state index in [1.54, 1.807) is 0 Å². The average Bonchev–Trinajstić information content (AvgIpc) is 2.30. The molecule has 1 aliphatic carbocycles. The van der Waals surface area contributed by atoms with Gasteiger partial charge >= 0.3 is 0 Å². The molecule has 0 aromatic rings. The van der Waals surface area contributed by atoms with Gasteiger partial charge in [-0.3, -0.25) is 0 Å². The molecule has 1 aliphatic heterocycles. The normalized spacial score (nSPS) is 36.2. The maximum atomic E-state index is 3.76. The summed E-state index contributed by atoms with van der Waals surface area (Å²) < 4.78 is 0. The van der Waals surface area contributed by atoms with E-state index in [0.717, 1.165) is 17.9 Å². The second-order valence-corrected chi connectivity index (χ2v) is 6.94. The van der Waals surface area contributed by atoms with E-state index in [0.29, 0.717) is 0 Å². The quantitative estimate of drug-likeness (QED) is 0.805. The summed E-state index contributed by atoms with van der Waals surface area (Å²) in [7, 11) is 0. The van der Waals surface area contributed by atoms with Crippen LogP contribution in [0.15, 0.2) is 0 Å². The van der Waals surface area contributed by atoms with Crippen LogP contribution >= 0.6 is 11.8 Å². The number of rotatable bonds is 4. The molecule has 2 rings (SSSR count). The lowest BCUT2D eigenvalue weighted by atomic mass is 9.81. The first kappa shape index (κ1) is 12.8. The summed E-state index contributed by atoms with van der Waals surface area (Å²) in [5, 5.41) is 3.76. The largest absolute Gasteiger partial charge is 0.313 e. The minimum absolute atomic E-state index is 0.819. The Balaban J connectivity index is 1.56. The van der Waals surface area contributed by atoms with Gasteiger partial charge in [-0.2, -0.15) is 11.8 Å². The number of nitrogens with one attached hydrogen (secondary N) is 1. The van der Waals surface area contributed by atoms with Crippen LogP contribution in [-0.2, 0) is 0 Å². The predicted octanol–water partition coefficient (Wildman–Crippen LogP) is 3.69. The van der Waals surface area contributed by atoms with Crippen LogP contribution in [0.3, 0.4) is 0 Å². The Bertz CT molecular complexity index is 189. The van der Waals surface area contributed by atoms with Crippen LogP contribution in [0.4, 0.5) is 0 Å². The fourth-order valence-electron chi connectivity index (χ4n) is 3.22. The first-order valence-corrected chi connectivity index (χ1v) is 8.31. The molecule has 0 amide bonds. The third-order valence-electron chi connectivity index (χ3n) is 4.19. The summed E-state index contributed by atoms with van der Waals surface area (Å²) in [6, 6.07) is 0.819. The molecule has 1 nitrogen and oxygen atoms in total. The number of hydrogen-bond donors (Lipinski definition) is 1. The molecule has 0 aromatic heterocycles. The molecule has 2 heteroatoms. The fourth-order valence-corrected chi connectivity index (χ4v) is 4.32. The maximum absolute atomic E-state index is 3.76. The predicted molar refractivity (Wildman–Crippen MR) is 74.1 cm³/mol. The van der Waals surface area contributed by atoms with E-state index in [1.807, 2.05) is 0 Å². The van der Waals surface area contributed by atoms with Crippen LogP contribution in [0, 0.1) is 11.8 Å². The Labute approximate surface area is 105 Å². The van der Waals surface area contributed by atoms with Gasteiger partial charge in [0.15, 0.2) is 0 Å². The van der Waals surface area contributed by atoms with Crippen LogP contribution in [0.5, 0.6) is 0 Å². The van der Waals surface area contributed by atoms with Gasteiger partial charge in [0.25, 0.3) is 0 Å². The smallest absolute Gasteiger partial charge is 0.0158 e. The molecular weight excluding hydrogens is 214 g/mol. The summed E-state index contributed by atoms with van der Waals surface area (Å²) in [4.78, 5) is 0. The summed E-state index contributed by atoms with van der Waals surface area (Å²) in [6.07, 6.45) is 10.2. The number of thioether (sulfide) groups is 1. The van der Waals surface area contributed by atoms with Crippen molar-refractivity contribution < 1.29 is 0 Å². The molecule has 94 valence electrons. The fraction of sp³-hybridized carbons (Fsp3) is 1.00. The summed E-state index contributed by atoms with van der Waals surface area (Å²) in [5.74, 6) is 4.75. The molecule has 0 aromatic carbocycles. The molecule has 0 spiro atoms. The lowest BCUT2D eigenvalue weighted by Crippen LogP contribution is -2.35. The van der Waals surface area contributed by atoms with Crippen molar-refractivity contribution in [3.05, 3.63) is 0 Å². The lowest BCUT2D eigenvalue weighted by molar-refractivity contribution is 0.265. The number of hydrogen-bond acceptors (Lipinski definition) is 2. The Morgan fingerprint density at radius 2 is 2.12 bits per heavy atom. The highest BCUT2D eigenvalue weighted by Gasteiger charge is 2.19. The molecule has 1 saturated carbocycles. The third-order valence-corrected chi connectivity index (χ3v) is 5.41. The van der Waals surface area contributed by atoms with Crippen molar-refractivity contribution in [2.45, 2.75) is 57.9 Å². The van der Waals surface area contributed by atoms with E-state index in [4.69, 9.17) is 0 Å².